The number of rotatable bonds is 4. The molecular weight excluding hydrogens is 304 g/mol. The van der Waals surface area contributed by atoms with Crippen LogP contribution in [0.1, 0.15) is 23.0 Å². The molecule has 24 heavy (non-hydrogen) atoms. The maximum Gasteiger partial charge on any atom is 0.244 e. The zero-order valence-corrected chi connectivity index (χ0v) is 14.5. The fourth-order valence-electron chi connectivity index (χ4n) is 3.18. The minimum atomic E-state index is 0.0362. The first kappa shape index (κ1) is 16.5. The molecule has 2 heterocycles. The Bertz CT molecular complexity index is 708. The third-order valence-electron chi connectivity index (χ3n) is 4.45. The lowest BCUT2D eigenvalue weighted by Gasteiger charge is -2.36. The second-order valence-corrected chi connectivity index (χ2v) is 6.16. The van der Waals surface area contributed by atoms with Gasteiger partial charge >= 0.3 is 0 Å². The lowest BCUT2D eigenvalue weighted by molar-refractivity contribution is -0.135. The Morgan fingerprint density at radius 3 is 2.71 bits per heavy atom. The summed E-state index contributed by atoms with van der Waals surface area (Å²) in [7, 11) is 1.65. The molecule has 1 N–H and O–H groups in total. The molecule has 0 bridgehead atoms. The van der Waals surface area contributed by atoms with Gasteiger partial charge in [-0.15, -0.1) is 0 Å². The van der Waals surface area contributed by atoms with Crippen molar-refractivity contribution in [3.05, 3.63) is 47.3 Å². The third kappa shape index (κ3) is 3.43. The predicted octanol–water partition coefficient (Wildman–Crippen LogP) is 1.68. The van der Waals surface area contributed by atoms with Crippen LogP contribution in [0, 0.1) is 13.8 Å². The van der Waals surface area contributed by atoms with Crippen molar-refractivity contribution < 1.29 is 9.53 Å². The Balaban J connectivity index is 1.78. The van der Waals surface area contributed by atoms with Crippen LogP contribution < -0.4 is 10.1 Å². The highest BCUT2D eigenvalue weighted by molar-refractivity contribution is 5.76. The summed E-state index contributed by atoms with van der Waals surface area (Å²) >= 11 is 0. The van der Waals surface area contributed by atoms with Crippen molar-refractivity contribution in [2.45, 2.75) is 26.4 Å². The number of nitrogens with zero attached hydrogens (tertiary/aromatic N) is 3. The van der Waals surface area contributed by atoms with Gasteiger partial charge in [0.15, 0.2) is 0 Å². The molecule has 6 heteroatoms. The second-order valence-electron chi connectivity index (χ2n) is 6.16. The normalized spacial score (nSPS) is 17.8. The van der Waals surface area contributed by atoms with E-state index in [4.69, 9.17) is 4.74 Å². The van der Waals surface area contributed by atoms with Gasteiger partial charge in [-0.05, 0) is 37.6 Å². The predicted molar refractivity (Wildman–Crippen MR) is 92.0 cm³/mol. The molecule has 1 aromatic heterocycles. The fourth-order valence-corrected chi connectivity index (χ4v) is 3.18. The Morgan fingerprint density at radius 2 is 2.08 bits per heavy atom. The van der Waals surface area contributed by atoms with Gasteiger partial charge in [0.2, 0.25) is 5.91 Å². The van der Waals surface area contributed by atoms with E-state index < -0.39 is 0 Å². The average Bonchev–Trinajstić information content (AvgIpc) is 2.92. The number of aryl methyl sites for hydroxylation is 2. The topological polar surface area (TPSA) is 59.4 Å². The van der Waals surface area contributed by atoms with Crippen LogP contribution in [0.4, 0.5) is 0 Å². The second kappa shape index (κ2) is 7.05. The van der Waals surface area contributed by atoms with E-state index in [1.165, 1.54) is 0 Å². The largest absolute Gasteiger partial charge is 0.497 e. The van der Waals surface area contributed by atoms with Gasteiger partial charge in [-0.3, -0.25) is 9.48 Å². The van der Waals surface area contributed by atoms with Crippen LogP contribution in [0.25, 0.3) is 0 Å². The SMILES string of the molecule is COc1ccc(C2CNCCN2C(=O)Cn2nc(C)cc2C)cc1. The zero-order chi connectivity index (χ0) is 17.1. The molecule has 1 saturated heterocycles. The van der Waals surface area contributed by atoms with Gasteiger partial charge in [0.05, 0.1) is 18.8 Å². The number of piperazine rings is 1. The molecule has 1 aliphatic heterocycles. The van der Waals surface area contributed by atoms with E-state index in [0.29, 0.717) is 6.54 Å². The first-order chi connectivity index (χ1) is 11.6. The molecule has 1 aliphatic rings. The number of ether oxygens (including phenoxy) is 1. The lowest BCUT2D eigenvalue weighted by atomic mass is 10.0. The summed E-state index contributed by atoms with van der Waals surface area (Å²) in [4.78, 5) is 14.8. The van der Waals surface area contributed by atoms with Crippen molar-refractivity contribution in [1.29, 1.82) is 0 Å². The first-order valence-corrected chi connectivity index (χ1v) is 8.23. The number of amides is 1. The molecule has 0 aliphatic carbocycles. The number of hydrogen-bond donors (Lipinski definition) is 1. The molecule has 1 amide bonds. The van der Waals surface area contributed by atoms with Crippen molar-refractivity contribution in [3.8, 4) is 5.75 Å². The van der Waals surface area contributed by atoms with Crippen LogP contribution in [0.3, 0.4) is 0 Å². The van der Waals surface area contributed by atoms with Crippen LogP contribution in [-0.2, 0) is 11.3 Å². The van der Waals surface area contributed by atoms with Gasteiger partial charge in [-0.1, -0.05) is 12.1 Å². The standard InChI is InChI=1S/C18H24N4O2/c1-13-10-14(2)22(20-13)12-18(23)21-9-8-19-11-17(21)15-4-6-16(24-3)7-5-15/h4-7,10,17,19H,8-9,11-12H2,1-3H3. The lowest BCUT2D eigenvalue weighted by Crippen LogP contribution is -2.49. The summed E-state index contributed by atoms with van der Waals surface area (Å²) in [5.74, 6) is 0.923. The van der Waals surface area contributed by atoms with Gasteiger partial charge in [-0.25, -0.2) is 0 Å². The molecule has 1 atom stereocenters. The number of aromatic nitrogens is 2. The molecule has 1 unspecified atom stereocenters. The smallest absolute Gasteiger partial charge is 0.244 e. The quantitative estimate of drug-likeness (QED) is 0.928. The minimum absolute atomic E-state index is 0.0362. The molecule has 3 rings (SSSR count). The van der Waals surface area contributed by atoms with Crippen LogP contribution >= 0.6 is 0 Å². The van der Waals surface area contributed by atoms with Crippen molar-refractivity contribution in [3.63, 3.8) is 0 Å². The van der Waals surface area contributed by atoms with E-state index in [0.717, 1.165) is 35.8 Å². The summed E-state index contributed by atoms with van der Waals surface area (Å²) < 4.78 is 7.00. The highest BCUT2D eigenvalue weighted by Crippen LogP contribution is 2.24. The fraction of sp³-hybridized carbons (Fsp3) is 0.444. The highest BCUT2D eigenvalue weighted by atomic mass is 16.5. The maximum absolute atomic E-state index is 12.8. The van der Waals surface area contributed by atoms with Gasteiger partial charge < -0.3 is 15.0 Å². The molecule has 2 aromatic rings. The summed E-state index contributed by atoms with van der Waals surface area (Å²) in [5, 5.41) is 7.78. The Morgan fingerprint density at radius 1 is 1.33 bits per heavy atom. The van der Waals surface area contributed by atoms with Crippen LogP contribution in [0.15, 0.2) is 30.3 Å². The molecule has 0 saturated carbocycles. The summed E-state index contributed by atoms with van der Waals surface area (Å²) in [6.07, 6.45) is 0. The molecule has 6 nitrogen and oxygen atoms in total. The molecule has 0 radical (unpaired) electrons. The third-order valence-corrected chi connectivity index (χ3v) is 4.45. The van der Waals surface area contributed by atoms with Crippen LogP contribution in [-0.4, -0.2) is 47.3 Å². The van der Waals surface area contributed by atoms with E-state index >= 15 is 0 Å². The number of carbonyl (C=O) groups is 1. The summed E-state index contributed by atoms with van der Waals surface area (Å²) in [5.41, 5.74) is 3.06. The van der Waals surface area contributed by atoms with Crippen molar-refractivity contribution >= 4 is 5.91 Å². The van der Waals surface area contributed by atoms with E-state index in [-0.39, 0.29) is 18.5 Å². The van der Waals surface area contributed by atoms with E-state index in [9.17, 15) is 4.79 Å². The number of hydrogen-bond acceptors (Lipinski definition) is 4. The average molecular weight is 328 g/mol. The maximum atomic E-state index is 12.8. The molecule has 1 aromatic carbocycles. The number of benzene rings is 1. The Labute approximate surface area is 142 Å². The number of carbonyl (C=O) groups excluding carboxylic acids is 1. The van der Waals surface area contributed by atoms with Crippen molar-refractivity contribution in [2.75, 3.05) is 26.7 Å². The van der Waals surface area contributed by atoms with E-state index in [1.807, 2.05) is 49.1 Å². The van der Waals surface area contributed by atoms with Gasteiger partial charge in [-0.2, -0.15) is 5.10 Å². The van der Waals surface area contributed by atoms with E-state index in [2.05, 4.69) is 10.4 Å². The molecule has 1 fully saturated rings. The monoisotopic (exact) mass is 328 g/mol. The van der Waals surface area contributed by atoms with Gasteiger partial charge in [0.1, 0.15) is 12.3 Å². The molecular formula is C18H24N4O2. The Kier molecular flexibility index (Phi) is 4.85. The molecule has 128 valence electrons. The van der Waals surface area contributed by atoms with E-state index in [1.54, 1.807) is 11.8 Å². The summed E-state index contributed by atoms with van der Waals surface area (Å²) in [6.45, 7) is 6.48. The van der Waals surface area contributed by atoms with Crippen LogP contribution in [0.2, 0.25) is 0 Å². The first-order valence-electron chi connectivity index (χ1n) is 8.23. The number of methoxy groups -OCH3 is 1. The number of nitrogens with one attached hydrogen (secondary N) is 1. The Hall–Kier alpha value is -2.34. The zero-order valence-electron chi connectivity index (χ0n) is 14.5. The van der Waals surface area contributed by atoms with Crippen molar-refractivity contribution in [1.82, 2.24) is 20.0 Å². The highest BCUT2D eigenvalue weighted by Gasteiger charge is 2.28. The van der Waals surface area contributed by atoms with Crippen LogP contribution in [0.5, 0.6) is 5.75 Å². The minimum Gasteiger partial charge on any atom is -0.497 e. The van der Waals surface area contributed by atoms with Crippen molar-refractivity contribution in [2.24, 2.45) is 0 Å². The van der Waals surface area contributed by atoms with Gasteiger partial charge in [0.25, 0.3) is 0 Å². The van der Waals surface area contributed by atoms with Gasteiger partial charge in [0, 0.05) is 25.3 Å². The molecule has 0 spiro atoms. The summed E-state index contributed by atoms with van der Waals surface area (Å²) in [6, 6.07) is 9.96.